The highest BCUT2D eigenvalue weighted by atomic mass is 19.1. The first kappa shape index (κ1) is 15.0. The molecule has 2 aromatic rings. The van der Waals surface area contributed by atoms with Crippen LogP contribution in [-0.2, 0) is 16.0 Å². The average Bonchev–Trinajstić information content (AvgIpc) is 2.50. The van der Waals surface area contributed by atoms with Crippen LogP contribution < -0.4 is 10.5 Å². The highest BCUT2D eigenvalue weighted by Crippen LogP contribution is 2.22. The highest BCUT2D eigenvalue weighted by molar-refractivity contribution is 5.75. The van der Waals surface area contributed by atoms with E-state index in [9.17, 15) is 9.18 Å². The van der Waals surface area contributed by atoms with Crippen molar-refractivity contribution in [1.82, 2.24) is 0 Å². The largest absolute Gasteiger partial charge is 0.468 e. The molecule has 21 heavy (non-hydrogen) atoms. The third-order valence-corrected chi connectivity index (χ3v) is 2.93. The Balaban J connectivity index is 1.98. The Hall–Kier alpha value is -2.40. The first-order chi connectivity index (χ1) is 10.1. The molecule has 0 bridgehead atoms. The van der Waals surface area contributed by atoms with Gasteiger partial charge in [0.25, 0.3) is 0 Å². The van der Waals surface area contributed by atoms with Gasteiger partial charge in [-0.15, -0.1) is 0 Å². The molecular formula is C16H16FNO3. The van der Waals surface area contributed by atoms with Crippen LogP contribution in [0.5, 0.6) is 11.5 Å². The molecule has 2 rings (SSSR count). The first-order valence-corrected chi connectivity index (χ1v) is 6.44. The molecule has 0 fully saturated rings. The van der Waals surface area contributed by atoms with Crippen LogP contribution in [0.2, 0.25) is 0 Å². The van der Waals surface area contributed by atoms with Crippen LogP contribution in [0.4, 0.5) is 4.39 Å². The van der Waals surface area contributed by atoms with Crippen LogP contribution in [0.3, 0.4) is 0 Å². The highest BCUT2D eigenvalue weighted by Gasteiger charge is 2.14. The summed E-state index contributed by atoms with van der Waals surface area (Å²) in [5.74, 6) is 0.420. The van der Waals surface area contributed by atoms with Gasteiger partial charge in [-0.3, -0.25) is 4.79 Å². The van der Waals surface area contributed by atoms with E-state index in [-0.39, 0.29) is 5.82 Å². The van der Waals surface area contributed by atoms with Gasteiger partial charge in [0.1, 0.15) is 23.4 Å². The molecule has 0 aromatic heterocycles. The molecule has 0 spiro atoms. The molecule has 0 unspecified atom stereocenters. The maximum atomic E-state index is 12.8. The van der Waals surface area contributed by atoms with E-state index in [0.717, 1.165) is 5.56 Å². The molecule has 0 amide bonds. The van der Waals surface area contributed by atoms with Gasteiger partial charge in [-0.25, -0.2) is 4.39 Å². The van der Waals surface area contributed by atoms with Crippen molar-refractivity contribution in [3.8, 4) is 11.5 Å². The van der Waals surface area contributed by atoms with E-state index >= 15 is 0 Å². The summed E-state index contributed by atoms with van der Waals surface area (Å²) < 4.78 is 22.9. The lowest BCUT2D eigenvalue weighted by Crippen LogP contribution is -2.33. The van der Waals surface area contributed by atoms with Crippen molar-refractivity contribution in [2.45, 2.75) is 12.5 Å². The molecule has 4 nitrogen and oxygen atoms in total. The maximum absolute atomic E-state index is 12.8. The van der Waals surface area contributed by atoms with E-state index in [1.54, 1.807) is 24.3 Å². The molecule has 2 N–H and O–H groups in total. The number of hydrogen-bond acceptors (Lipinski definition) is 4. The molecule has 0 saturated carbocycles. The summed E-state index contributed by atoms with van der Waals surface area (Å²) in [6, 6.07) is 12.3. The minimum absolute atomic E-state index is 0.311. The number of carbonyl (C=O) groups excluding carboxylic acids is 1. The van der Waals surface area contributed by atoms with Crippen LogP contribution in [0.1, 0.15) is 5.56 Å². The SMILES string of the molecule is COC(=O)[C@H](N)Cc1ccc(Oc2ccc(F)cc2)cc1. The number of ether oxygens (including phenoxy) is 2. The summed E-state index contributed by atoms with van der Waals surface area (Å²) in [6.45, 7) is 0. The zero-order chi connectivity index (χ0) is 15.2. The number of methoxy groups -OCH3 is 1. The van der Waals surface area contributed by atoms with Crippen molar-refractivity contribution in [2.24, 2.45) is 5.73 Å². The molecule has 0 radical (unpaired) electrons. The molecule has 5 heteroatoms. The van der Waals surface area contributed by atoms with Gasteiger partial charge in [0, 0.05) is 0 Å². The number of halogens is 1. The second-order valence-electron chi connectivity index (χ2n) is 4.53. The van der Waals surface area contributed by atoms with Gasteiger partial charge in [0.15, 0.2) is 0 Å². The number of nitrogens with two attached hydrogens (primary N) is 1. The Labute approximate surface area is 122 Å². The fraction of sp³-hybridized carbons (Fsp3) is 0.188. The molecule has 2 aromatic carbocycles. The summed E-state index contributed by atoms with van der Waals surface area (Å²) in [5.41, 5.74) is 6.60. The number of rotatable bonds is 5. The molecule has 0 heterocycles. The van der Waals surface area contributed by atoms with Crippen molar-refractivity contribution in [1.29, 1.82) is 0 Å². The number of hydrogen-bond donors (Lipinski definition) is 1. The van der Waals surface area contributed by atoms with Gasteiger partial charge in [0.05, 0.1) is 7.11 Å². The van der Waals surface area contributed by atoms with Gasteiger partial charge < -0.3 is 15.2 Å². The van der Waals surface area contributed by atoms with E-state index < -0.39 is 12.0 Å². The smallest absolute Gasteiger partial charge is 0.322 e. The Morgan fingerprint density at radius 2 is 1.62 bits per heavy atom. The van der Waals surface area contributed by atoms with Crippen LogP contribution in [0.25, 0.3) is 0 Å². The normalized spacial score (nSPS) is 11.8. The van der Waals surface area contributed by atoms with Crippen molar-refractivity contribution >= 4 is 5.97 Å². The monoisotopic (exact) mass is 289 g/mol. The van der Waals surface area contributed by atoms with E-state index in [1.165, 1.54) is 19.2 Å². The predicted octanol–water partition coefficient (Wildman–Crippen LogP) is 2.66. The molecule has 0 aliphatic heterocycles. The Kier molecular flexibility index (Phi) is 4.90. The van der Waals surface area contributed by atoms with Crippen LogP contribution in [-0.4, -0.2) is 19.1 Å². The number of carbonyl (C=O) groups is 1. The molecule has 1 atom stereocenters. The Morgan fingerprint density at radius 1 is 1.10 bits per heavy atom. The molecule has 0 aliphatic rings. The summed E-state index contributed by atoms with van der Waals surface area (Å²) in [5, 5.41) is 0. The maximum Gasteiger partial charge on any atom is 0.322 e. The van der Waals surface area contributed by atoms with Gasteiger partial charge in [0.2, 0.25) is 0 Å². The quantitative estimate of drug-likeness (QED) is 0.860. The fourth-order valence-electron chi connectivity index (χ4n) is 1.82. The topological polar surface area (TPSA) is 61.5 Å². The molecule has 110 valence electrons. The van der Waals surface area contributed by atoms with Gasteiger partial charge in [-0.1, -0.05) is 12.1 Å². The summed E-state index contributed by atoms with van der Waals surface area (Å²) in [6.07, 6.45) is 0.392. The lowest BCUT2D eigenvalue weighted by molar-refractivity contribution is -0.142. The molecular weight excluding hydrogens is 273 g/mol. The Morgan fingerprint density at radius 3 is 2.14 bits per heavy atom. The third kappa shape index (κ3) is 4.29. The van der Waals surface area contributed by atoms with Crippen molar-refractivity contribution in [3.05, 3.63) is 59.9 Å². The van der Waals surface area contributed by atoms with E-state index in [4.69, 9.17) is 10.5 Å². The molecule has 0 aliphatic carbocycles. The fourth-order valence-corrected chi connectivity index (χ4v) is 1.82. The lowest BCUT2D eigenvalue weighted by atomic mass is 10.1. The van der Waals surface area contributed by atoms with Crippen molar-refractivity contribution in [3.63, 3.8) is 0 Å². The molecule has 0 saturated heterocycles. The summed E-state index contributed by atoms with van der Waals surface area (Å²) >= 11 is 0. The van der Waals surface area contributed by atoms with Gasteiger partial charge in [-0.05, 0) is 48.4 Å². The van der Waals surface area contributed by atoms with Crippen LogP contribution in [0.15, 0.2) is 48.5 Å². The predicted molar refractivity (Wildman–Crippen MR) is 76.6 cm³/mol. The number of esters is 1. The van der Waals surface area contributed by atoms with Crippen LogP contribution >= 0.6 is 0 Å². The third-order valence-electron chi connectivity index (χ3n) is 2.93. The van der Waals surface area contributed by atoms with Crippen molar-refractivity contribution < 1.29 is 18.7 Å². The van der Waals surface area contributed by atoms with Crippen LogP contribution in [0, 0.1) is 5.82 Å². The number of benzene rings is 2. The van der Waals surface area contributed by atoms with E-state index in [2.05, 4.69) is 4.74 Å². The van der Waals surface area contributed by atoms with Crippen molar-refractivity contribution in [2.75, 3.05) is 7.11 Å². The van der Waals surface area contributed by atoms with E-state index in [0.29, 0.717) is 17.9 Å². The Bertz CT molecular complexity index is 596. The first-order valence-electron chi connectivity index (χ1n) is 6.44. The minimum Gasteiger partial charge on any atom is -0.468 e. The standard InChI is InChI=1S/C16H16FNO3/c1-20-16(19)15(18)10-11-2-6-13(7-3-11)21-14-8-4-12(17)5-9-14/h2-9,15H,10,18H2,1H3/t15-/m1/s1. The van der Waals surface area contributed by atoms with E-state index in [1.807, 2.05) is 12.1 Å². The minimum atomic E-state index is -0.682. The second-order valence-corrected chi connectivity index (χ2v) is 4.53. The zero-order valence-corrected chi connectivity index (χ0v) is 11.6. The zero-order valence-electron chi connectivity index (χ0n) is 11.6. The summed E-state index contributed by atoms with van der Waals surface area (Å²) in [4.78, 5) is 11.2. The second kappa shape index (κ2) is 6.85. The summed E-state index contributed by atoms with van der Waals surface area (Å²) in [7, 11) is 1.31. The van der Waals surface area contributed by atoms with Gasteiger partial charge >= 0.3 is 5.97 Å². The average molecular weight is 289 g/mol. The van der Waals surface area contributed by atoms with Gasteiger partial charge in [-0.2, -0.15) is 0 Å². The lowest BCUT2D eigenvalue weighted by Gasteiger charge is -2.10.